The first-order valence-electron chi connectivity index (χ1n) is 6.84. The summed E-state index contributed by atoms with van der Waals surface area (Å²) in [5, 5.41) is 3.53. The number of rotatable bonds is 7. The predicted molar refractivity (Wildman–Crippen MR) is 75.4 cm³/mol. The molecule has 1 N–H and O–H groups in total. The van der Waals surface area contributed by atoms with Gasteiger partial charge in [0, 0.05) is 13.7 Å². The SMILES string of the molecule is COCc1ccccc1CNCCC1=CCCC1. The number of benzene rings is 1. The molecule has 2 heteroatoms. The lowest BCUT2D eigenvalue weighted by Gasteiger charge is -2.10. The third kappa shape index (κ3) is 3.97. The predicted octanol–water partition coefficient (Wildman–Crippen LogP) is 3.42. The molecular formula is C16H23NO. The third-order valence-electron chi connectivity index (χ3n) is 3.49. The molecule has 1 aromatic rings. The zero-order chi connectivity index (χ0) is 12.6. The second-order valence-corrected chi connectivity index (χ2v) is 4.88. The number of ether oxygens (including phenoxy) is 1. The standard InChI is InChI=1S/C16H23NO/c1-18-13-16-9-5-4-8-15(16)12-17-11-10-14-6-2-3-7-14/h4-6,8-9,17H,2-3,7,10-13H2,1H3. The summed E-state index contributed by atoms with van der Waals surface area (Å²) < 4.78 is 5.22. The van der Waals surface area contributed by atoms with Gasteiger partial charge in [-0.15, -0.1) is 0 Å². The van der Waals surface area contributed by atoms with Crippen molar-refractivity contribution in [3.05, 3.63) is 47.0 Å². The lowest BCUT2D eigenvalue weighted by atomic mass is 10.1. The Bertz CT molecular complexity index is 398. The molecule has 1 aromatic carbocycles. The van der Waals surface area contributed by atoms with E-state index in [4.69, 9.17) is 4.74 Å². The largest absolute Gasteiger partial charge is 0.380 e. The van der Waals surface area contributed by atoms with Crippen LogP contribution in [0.2, 0.25) is 0 Å². The molecule has 0 spiro atoms. The van der Waals surface area contributed by atoms with E-state index >= 15 is 0 Å². The molecule has 0 aromatic heterocycles. The summed E-state index contributed by atoms with van der Waals surface area (Å²) >= 11 is 0. The fraction of sp³-hybridized carbons (Fsp3) is 0.500. The first-order chi connectivity index (χ1) is 8.90. The van der Waals surface area contributed by atoms with Crippen molar-refractivity contribution in [3.8, 4) is 0 Å². The van der Waals surface area contributed by atoms with Crippen LogP contribution in [-0.4, -0.2) is 13.7 Å². The zero-order valence-electron chi connectivity index (χ0n) is 11.2. The minimum absolute atomic E-state index is 0.697. The maximum atomic E-state index is 5.22. The summed E-state index contributed by atoms with van der Waals surface area (Å²) in [5.74, 6) is 0. The van der Waals surface area contributed by atoms with Crippen molar-refractivity contribution in [2.24, 2.45) is 0 Å². The fourth-order valence-corrected chi connectivity index (χ4v) is 2.46. The Morgan fingerprint density at radius 3 is 2.78 bits per heavy atom. The van der Waals surface area contributed by atoms with Gasteiger partial charge in [-0.2, -0.15) is 0 Å². The van der Waals surface area contributed by atoms with E-state index in [-0.39, 0.29) is 0 Å². The highest BCUT2D eigenvalue weighted by molar-refractivity contribution is 5.26. The third-order valence-corrected chi connectivity index (χ3v) is 3.49. The molecule has 1 aliphatic carbocycles. The molecule has 2 nitrogen and oxygen atoms in total. The van der Waals surface area contributed by atoms with Gasteiger partial charge in [-0.05, 0) is 43.4 Å². The maximum absolute atomic E-state index is 5.22. The van der Waals surface area contributed by atoms with Crippen LogP contribution < -0.4 is 5.32 Å². The molecule has 18 heavy (non-hydrogen) atoms. The van der Waals surface area contributed by atoms with Gasteiger partial charge in [0.25, 0.3) is 0 Å². The van der Waals surface area contributed by atoms with Crippen molar-refractivity contribution in [2.75, 3.05) is 13.7 Å². The number of nitrogens with one attached hydrogen (secondary N) is 1. The average Bonchev–Trinajstić information content (AvgIpc) is 2.90. The quantitative estimate of drug-likeness (QED) is 0.587. The molecule has 0 radical (unpaired) electrons. The van der Waals surface area contributed by atoms with Crippen molar-refractivity contribution in [1.82, 2.24) is 5.32 Å². The molecule has 1 aliphatic rings. The summed E-state index contributed by atoms with van der Waals surface area (Å²) in [6, 6.07) is 8.48. The highest BCUT2D eigenvalue weighted by Crippen LogP contribution is 2.19. The normalized spacial score (nSPS) is 14.8. The van der Waals surface area contributed by atoms with Crippen molar-refractivity contribution in [2.45, 2.75) is 38.8 Å². The van der Waals surface area contributed by atoms with Crippen LogP contribution in [0.15, 0.2) is 35.9 Å². The molecule has 0 heterocycles. The smallest absolute Gasteiger partial charge is 0.0716 e. The topological polar surface area (TPSA) is 21.3 Å². The van der Waals surface area contributed by atoms with Gasteiger partial charge in [0.05, 0.1) is 6.61 Å². The van der Waals surface area contributed by atoms with E-state index < -0.39 is 0 Å². The number of allylic oxidation sites excluding steroid dienone is 1. The van der Waals surface area contributed by atoms with Crippen LogP contribution in [0, 0.1) is 0 Å². The lowest BCUT2D eigenvalue weighted by molar-refractivity contribution is 0.184. The average molecular weight is 245 g/mol. The van der Waals surface area contributed by atoms with E-state index in [1.807, 2.05) is 0 Å². The van der Waals surface area contributed by atoms with E-state index in [1.165, 1.54) is 36.8 Å². The summed E-state index contributed by atoms with van der Waals surface area (Å²) in [6.45, 7) is 2.71. The Hall–Kier alpha value is -1.12. The number of hydrogen-bond acceptors (Lipinski definition) is 2. The monoisotopic (exact) mass is 245 g/mol. The van der Waals surface area contributed by atoms with Gasteiger partial charge in [-0.25, -0.2) is 0 Å². The minimum Gasteiger partial charge on any atom is -0.380 e. The van der Waals surface area contributed by atoms with Crippen LogP contribution in [0.3, 0.4) is 0 Å². The molecule has 0 fully saturated rings. The first kappa shape index (κ1) is 13.3. The Morgan fingerprint density at radius 2 is 2.06 bits per heavy atom. The van der Waals surface area contributed by atoms with Gasteiger partial charge in [0.1, 0.15) is 0 Å². The van der Waals surface area contributed by atoms with Crippen LogP contribution in [0.1, 0.15) is 36.8 Å². The van der Waals surface area contributed by atoms with Crippen molar-refractivity contribution in [3.63, 3.8) is 0 Å². The van der Waals surface area contributed by atoms with Gasteiger partial charge in [-0.1, -0.05) is 35.9 Å². The first-order valence-corrected chi connectivity index (χ1v) is 6.84. The molecule has 0 aliphatic heterocycles. The zero-order valence-corrected chi connectivity index (χ0v) is 11.2. The Morgan fingerprint density at radius 1 is 1.22 bits per heavy atom. The highest BCUT2D eigenvalue weighted by Gasteiger charge is 2.04. The summed E-state index contributed by atoms with van der Waals surface area (Å²) in [7, 11) is 1.75. The molecule has 0 saturated carbocycles. The van der Waals surface area contributed by atoms with E-state index in [1.54, 1.807) is 12.7 Å². The van der Waals surface area contributed by atoms with Gasteiger partial charge in [-0.3, -0.25) is 0 Å². The van der Waals surface area contributed by atoms with E-state index in [2.05, 4.69) is 35.7 Å². The summed E-state index contributed by atoms with van der Waals surface area (Å²) in [6.07, 6.45) is 7.55. The second kappa shape index (κ2) is 7.34. The van der Waals surface area contributed by atoms with Crippen molar-refractivity contribution >= 4 is 0 Å². The van der Waals surface area contributed by atoms with Crippen molar-refractivity contribution < 1.29 is 4.74 Å². The highest BCUT2D eigenvalue weighted by atomic mass is 16.5. The van der Waals surface area contributed by atoms with Gasteiger partial charge in [0.2, 0.25) is 0 Å². The molecule has 0 bridgehead atoms. The van der Waals surface area contributed by atoms with Crippen LogP contribution in [-0.2, 0) is 17.9 Å². The second-order valence-electron chi connectivity index (χ2n) is 4.88. The van der Waals surface area contributed by atoms with Gasteiger partial charge < -0.3 is 10.1 Å². The van der Waals surface area contributed by atoms with Crippen LogP contribution >= 0.6 is 0 Å². The van der Waals surface area contributed by atoms with Crippen LogP contribution in [0.5, 0.6) is 0 Å². The molecule has 0 amide bonds. The molecular weight excluding hydrogens is 222 g/mol. The fourth-order valence-electron chi connectivity index (χ4n) is 2.46. The van der Waals surface area contributed by atoms with Gasteiger partial charge >= 0.3 is 0 Å². The van der Waals surface area contributed by atoms with Crippen LogP contribution in [0.4, 0.5) is 0 Å². The maximum Gasteiger partial charge on any atom is 0.0716 e. The Labute approximate surface area is 110 Å². The Kier molecular flexibility index (Phi) is 5.43. The molecule has 2 rings (SSSR count). The minimum atomic E-state index is 0.697. The van der Waals surface area contributed by atoms with Gasteiger partial charge in [0.15, 0.2) is 0 Å². The van der Waals surface area contributed by atoms with E-state index in [0.717, 1.165) is 13.1 Å². The molecule has 0 atom stereocenters. The summed E-state index contributed by atoms with van der Waals surface area (Å²) in [5.41, 5.74) is 4.26. The molecule has 98 valence electrons. The number of hydrogen-bond donors (Lipinski definition) is 1. The van der Waals surface area contributed by atoms with Crippen LogP contribution in [0.25, 0.3) is 0 Å². The lowest BCUT2D eigenvalue weighted by Crippen LogP contribution is -2.16. The van der Waals surface area contributed by atoms with E-state index in [9.17, 15) is 0 Å². The van der Waals surface area contributed by atoms with E-state index in [0.29, 0.717) is 6.61 Å². The van der Waals surface area contributed by atoms with Crippen molar-refractivity contribution in [1.29, 1.82) is 0 Å². The molecule has 0 unspecified atom stereocenters. The Balaban J connectivity index is 1.75. The molecule has 0 saturated heterocycles. The number of methoxy groups -OCH3 is 1. The summed E-state index contributed by atoms with van der Waals surface area (Å²) in [4.78, 5) is 0.